The minimum Gasteiger partial charge on any atom is -0.338 e. The maximum atomic E-state index is 13.4. The van der Waals surface area contributed by atoms with Crippen molar-refractivity contribution in [2.24, 2.45) is 5.92 Å². The van der Waals surface area contributed by atoms with Crippen molar-refractivity contribution in [3.8, 4) is 0 Å². The van der Waals surface area contributed by atoms with Gasteiger partial charge in [-0.1, -0.05) is 12.1 Å². The van der Waals surface area contributed by atoms with Gasteiger partial charge in [0.05, 0.1) is 4.92 Å². The van der Waals surface area contributed by atoms with Crippen molar-refractivity contribution in [3.05, 3.63) is 39.9 Å². The van der Waals surface area contributed by atoms with Crippen molar-refractivity contribution in [1.29, 1.82) is 0 Å². The zero-order chi connectivity index (χ0) is 22.2. The minimum absolute atomic E-state index is 0.0917. The molecule has 2 heterocycles. The lowest BCUT2D eigenvalue weighted by molar-refractivity contribution is -0.384. The maximum Gasteiger partial charge on any atom is 0.269 e. The number of amides is 2. The van der Waals surface area contributed by atoms with Crippen LogP contribution in [0.2, 0.25) is 0 Å². The van der Waals surface area contributed by atoms with E-state index in [1.54, 1.807) is 12.1 Å². The molecule has 4 fully saturated rings. The van der Waals surface area contributed by atoms with Gasteiger partial charge in [0.25, 0.3) is 5.69 Å². The normalized spacial score (nSPS) is 25.9. The molecular weight excluding hydrogens is 410 g/mol. The highest BCUT2D eigenvalue weighted by atomic mass is 16.6. The molecule has 2 saturated heterocycles. The number of nitro groups is 1. The third-order valence-electron chi connectivity index (χ3n) is 7.20. The fourth-order valence-electron chi connectivity index (χ4n) is 5.09. The largest absolute Gasteiger partial charge is 0.338 e. The first-order chi connectivity index (χ1) is 15.5. The number of benzene rings is 1. The van der Waals surface area contributed by atoms with Gasteiger partial charge >= 0.3 is 0 Å². The quantitative estimate of drug-likeness (QED) is 0.507. The van der Waals surface area contributed by atoms with Gasteiger partial charge in [0, 0.05) is 69.4 Å². The lowest BCUT2D eigenvalue weighted by atomic mass is 10.1. The molecule has 2 amide bonds. The summed E-state index contributed by atoms with van der Waals surface area (Å²) in [5, 5.41) is 14.3. The Morgan fingerprint density at radius 2 is 1.72 bits per heavy atom. The fourth-order valence-corrected chi connectivity index (χ4v) is 5.09. The molecule has 4 aliphatic rings. The smallest absolute Gasteiger partial charge is 0.269 e. The molecular formula is C23H31N5O4. The molecule has 172 valence electrons. The number of non-ortho nitro benzene ring substituents is 1. The average molecular weight is 442 g/mol. The van der Waals surface area contributed by atoms with Crippen molar-refractivity contribution in [2.45, 2.75) is 56.8 Å². The van der Waals surface area contributed by atoms with Crippen LogP contribution in [0.5, 0.6) is 0 Å². The van der Waals surface area contributed by atoms with Gasteiger partial charge < -0.3 is 15.1 Å². The summed E-state index contributed by atoms with van der Waals surface area (Å²) in [7, 11) is 0. The number of hydrogen-bond acceptors (Lipinski definition) is 6. The van der Waals surface area contributed by atoms with E-state index in [0.717, 1.165) is 44.3 Å². The molecule has 1 aromatic rings. The number of nitrogens with one attached hydrogen (secondary N) is 1. The van der Waals surface area contributed by atoms with Gasteiger partial charge in [-0.2, -0.15) is 0 Å². The number of piperazine rings is 1. The van der Waals surface area contributed by atoms with Crippen molar-refractivity contribution < 1.29 is 14.5 Å². The molecule has 2 saturated carbocycles. The van der Waals surface area contributed by atoms with Gasteiger partial charge in [-0.15, -0.1) is 0 Å². The van der Waals surface area contributed by atoms with Crippen LogP contribution in [0.25, 0.3) is 0 Å². The minimum atomic E-state index is -0.382. The Kier molecular flexibility index (Phi) is 5.86. The van der Waals surface area contributed by atoms with E-state index >= 15 is 0 Å². The van der Waals surface area contributed by atoms with Crippen LogP contribution in [0, 0.1) is 16.0 Å². The Balaban J connectivity index is 1.33. The van der Waals surface area contributed by atoms with Gasteiger partial charge in [-0.05, 0) is 37.7 Å². The zero-order valence-electron chi connectivity index (χ0n) is 18.3. The fraction of sp³-hybridized carbons (Fsp3) is 0.652. The molecule has 2 unspecified atom stereocenters. The van der Waals surface area contributed by atoms with E-state index in [-0.39, 0.29) is 40.4 Å². The number of nitro benzene ring substituents is 1. The van der Waals surface area contributed by atoms with Crippen LogP contribution < -0.4 is 5.32 Å². The first kappa shape index (κ1) is 21.3. The molecule has 0 spiro atoms. The second kappa shape index (κ2) is 8.78. The molecule has 32 heavy (non-hydrogen) atoms. The van der Waals surface area contributed by atoms with Crippen LogP contribution in [-0.2, 0) is 16.1 Å². The summed E-state index contributed by atoms with van der Waals surface area (Å²) in [6.07, 6.45) is 4.78. The van der Waals surface area contributed by atoms with Crippen LogP contribution in [0.15, 0.2) is 24.3 Å². The number of rotatable bonds is 7. The highest BCUT2D eigenvalue weighted by Gasteiger charge is 2.48. The number of carbonyl (C=O) groups excluding carboxylic acids is 2. The Bertz CT molecular complexity index is 877. The van der Waals surface area contributed by atoms with E-state index in [4.69, 9.17) is 0 Å². The van der Waals surface area contributed by atoms with E-state index in [9.17, 15) is 19.7 Å². The van der Waals surface area contributed by atoms with Crippen molar-refractivity contribution in [2.75, 3.05) is 32.7 Å². The molecule has 1 aromatic carbocycles. The second-order valence-electron chi connectivity index (χ2n) is 9.57. The number of carbonyl (C=O) groups is 2. The van der Waals surface area contributed by atoms with E-state index in [1.807, 2.05) is 21.9 Å². The van der Waals surface area contributed by atoms with Crippen molar-refractivity contribution in [3.63, 3.8) is 0 Å². The highest BCUT2D eigenvalue weighted by Crippen LogP contribution is 2.38. The Labute approximate surface area is 187 Å². The van der Waals surface area contributed by atoms with Gasteiger partial charge in [0.15, 0.2) is 0 Å². The van der Waals surface area contributed by atoms with E-state index in [1.165, 1.54) is 0 Å². The van der Waals surface area contributed by atoms with Crippen LogP contribution in [0.3, 0.4) is 0 Å². The van der Waals surface area contributed by atoms with Crippen molar-refractivity contribution >= 4 is 17.5 Å². The van der Waals surface area contributed by atoms with Crippen molar-refractivity contribution in [1.82, 2.24) is 20.0 Å². The molecule has 1 N–H and O–H groups in total. The van der Waals surface area contributed by atoms with Crippen LogP contribution in [0.1, 0.15) is 37.7 Å². The molecule has 2 atom stereocenters. The predicted octanol–water partition coefficient (Wildman–Crippen LogP) is 1.37. The number of nitrogens with zero attached hydrogens (tertiary/aromatic N) is 4. The second-order valence-corrected chi connectivity index (χ2v) is 9.57. The van der Waals surface area contributed by atoms with E-state index in [0.29, 0.717) is 38.6 Å². The molecule has 9 heteroatoms. The Hall–Kier alpha value is -2.52. The number of likely N-dealkylation sites (tertiary alicyclic amines) is 1. The van der Waals surface area contributed by atoms with Gasteiger partial charge in [-0.25, -0.2) is 0 Å². The van der Waals surface area contributed by atoms with Gasteiger partial charge in [-0.3, -0.25) is 24.6 Å². The van der Waals surface area contributed by atoms with Gasteiger partial charge in [0.2, 0.25) is 11.8 Å². The lowest BCUT2D eigenvalue weighted by Crippen LogP contribution is -2.53. The van der Waals surface area contributed by atoms with Crippen LogP contribution in [-0.4, -0.2) is 82.3 Å². The summed E-state index contributed by atoms with van der Waals surface area (Å²) in [5.41, 5.74) is 1.12. The number of hydrogen-bond donors (Lipinski definition) is 1. The Morgan fingerprint density at radius 1 is 1.03 bits per heavy atom. The summed E-state index contributed by atoms with van der Waals surface area (Å²) >= 11 is 0. The van der Waals surface area contributed by atoms with Crippen LogP contribution in [0.4, 0.5) is 5.69 Å². The monoisotopic (exact) mass is 441 g/mol. The summed E-state index contributed by atoms with van der Waals surface area (Å²) in [4.78, 5) is 43.3. The summed E-state index contributed by atoms with van der Waals surface area (Å²) in [6.45, 7) is 4.27. The van der Waals surface area contributed by atoms with E-state index < -0.39 is 0 Å². The molecule has 9 nitrogen and oxygen atoms in total. The maximum absolute atomic E-state index is 13.4. The standard InChI is InChI=1S/C23H31N5O4/c29-22(17-3-4-17)27-15-20(13-21(27)23(30)25-11-9-24-10-12-25)26(18-7-8-18)14-16-1-5-19(6-2-16)28(31)32/h1-2,5-6,17-18,20-21,24H,3-4,7-15H2. The molecule has 5 rings (SSSR count). The molecule has 0 aromatic heterocycles. The first-order valence-corrected chi connectivity index (χ1v) is 11.8. The molecule has 2 aliphatic carbocycles. The zero-order valence-corrected chi connectivity index (χ0v) is 18.3. The predicted molar refractivity (Wildman–Crippen MR) is 118 cm³/mol. The van der Waals surface area contributed by atoms with Gasteiger partial charge in [0.1, 0.15) is 6.04 Å². The molecule has 0 bridgehead atoms. The molecule has 0 radical (unpaired) electrons. The topological polar surface area (TPSA) is 99.0 Å². The molecule has 2 aliphatic heterocycles. The average Bonchev–Trinajstić information content (AvgIpc) is 3.74. The summed E-state index contributed by atoms with van der Waals surface area (Å²) < 4.78 is 0. The third kappa shape index (κ3) is 4.49. The SMILES string of the molecule is O=C(C1CC(N(Cc2ccc([N+](=O)[O-])cc2)C2CC2)CN1C(=O)C1CC1)N1CCNCC1. The summed E-state index contributed by atoms with van der Waals surface area (Å²) in [6, 6.07) is 6.96. The lowest BCUT2D eigenvalue weighted by Gasteiger charge is -2.32. The first-order valence-electron chi connectivity index (χ1n) is 11.8. The van der Waals surface area contributed by atoms with E-state index in [2.05, 4.69) is 10.2 Å². The summed E-state index contributed by atoms with van der Waals surface area (Å²) in [5.74, 6) is 0.331. The Morgan fingerprint density at radius 3 is 2.31 bits per heavy atom. The third-order valence-corrected chi connectivity index (χ3v) is 7.20. The van der Waals surface area contributed by atoms with Crippen LogP contribution >= 0.6 is 0 Å². The highest BCUT2D eigenvalue weighted by molar-refractivity contribution is 5.90.